The van der Waals surface area contributed by atoms with Gasteiger partial charge in [-0.1, -0.05) is 0 Å². The maximum atomic E-state index is 8.88. The molecule has 1 unspecified atom stereocenters. The van der Waals surface area contributed by atoms with Crippen LogP contribution < -0.4 is 5.32 Å². The number of rotatable bonds is 4. The maximum Gasteiger partial charge on any atom is 0.0582 e. The second-order valence-electron chi connectivity index (χ2n) is 3.10. The van der Waals surface area contributed by atoms with Crippen LogP contribution in [0.15, 0.2) is 15.9 Å². The zero-order chi connectivity index (χ0) is 9.84. The summed E-state index contributed by atoms with van der Waals surface area (Å²) >= 11 is 5.21. The SMILES string of the molecule is CC(N[C@@H](C)CO)c1sccc1Br. The minimum absolute atomic E-state index is 0.143. The summed E-state index contributed by atoms with van der Waals surface area (Å²) in [5.74, 6) is 0. The lowest BCUT2D eigenvalue weighted by atomic mass is 10.2. The first-order chi connectivity index (χ1) is 6.15. The molecule has 0 radical (unpaired) electrons. The van der Waals surface area contributed by atoms with Gasteiger partial charge in [0.05, 0.1) is 6.61 Å². The van der Waals surface area contributed by atoms with E-state index in [1.807, 2.05) is 13.0 Å². The summed E-state index contributed by atoms with van der Waals surface area (Å²) in [6.07, 6.45) is 0. The molecule has 2 atom stereocenters. The smallest absolute Gasteiger partial charge is 0.0582 e. The lowest BCUT2D eigenvalue weighted by Crippen LogP contribution is -2.31. The molecular weight excluding hydrogens is 250 g/mol. The molecule has 1 rings (SSSR count). The Bertz CT molecular complexity index is 264. The third-order valence-electron chi connectivity index (χ3n) is 1.85. The molecule has 0 amide bonds. The van der Waals surface area contributed by atoms with Crippen molar-refractivity contribution < 1.29 is 5.11 Å². The molecule has 0 spiro atoms. The van der Waals surface area contributed by atoms with E-state index in [9.17, 15) is 0 Å². The molecule has 2 N–H and O–H groups in total. The third kappa shape index (κ3) is 3.06. The van der Waals surface area contributed by atoms with Crippen LogP contribution in [0.25, 0.3) is 0 Å². The van der Waals surface area contributed by atoms with Gasteiger partial charge in [0.15, 0.2) is 0 Å². The molecule has 0 fully saturated rings. The standard InChI is InChI=1S/C9H14BrNOS/c1-6(5-12)11-7(2)9-8(10)3-4-13-9/h3-4,6-7,11-12H,5H2,1-2H3/t6-,7?/m0/s1. The number of aliphatic hydroxyl groups is 1. The van der Waals surface area contributed by atoms with Crippen molar-refractivity contribution in [1.29, 1.82) is 0 Å². The lowest BCUT2D eigenvalue weighted by molar-refractivity contribution is 0.243. The fourth-order valence-electron chi connectivity index (χ4n) is 1.17. The van der Waals surface area contributed by atoms with Crippen LogP contribution in [-0.4, -0.2) is 17.8 Å². The molecule has 0 aliphatic rings. The van der Waals surface area contributed by atoms with Gasteiger partial charge >= 0.3 is 0 Å². The number of aliphatic hydroxyl groups excluding tert-OH is 1. The minimum atomic E-state index is 0.143. The second kappa shape index (κ2) is 5.10. The van der Waals surface area contributed by atoms with Crippen molar-refractivity contribution in [2.75, 3.05) is 6.61 Å². The van der Waals surface area contributed by atoms with Gasteiger partial charge < -0.3 is 10.4 Å². The molecule has 0 aliphatic heterocycles. The maximum absolute atomic E-state index is 8.88. The molecule has 1 aromatic heterocycles. The van der Waals surface area contributed by atoms with Crippen LogP contribution in [0.2, 0.25) is 0 Å². The molecule has 2 nitrogen and oxygen atoms in total. The van der Waals surface area contributed by atoms with E-state index in [0.29, 0.717) is 0 Å². The van der Waals surface area contributed by atoms with Crippen molar-refractivity contribution in [1.82, 2.24) is 5.32 Å². The monoisotopic (exact) mass is 263 g/mol. The van der Waals surface area contributed by atoms with E-state index in [0.717, 1.165) is 4.47 Å². The second-order valence-corrected chi connectivity index (χ2v) is 4.91. The van der Waals surface area contributed by atoms with Crippen molar-refractivity contribution in [3.63, 3.8) is 0 Å². The summed E-state index contributed by atoms with van der Waals surface area (Å²) in [6, 6.07) is 2.47. The minimum Gasteiger partial charge on any atom is -0.395 e. The van der Waals surface area contributed by atoms with E-state index in [1.54, 1.807) is 11.3 Å². The molecule has 0 saturated carbocycles. The average Bonchev–Trinajstić information content (AvgIpc) is 2.51. The first-order valence-electron chi connectivity index (χ1n) is 4.25. The number of thiophene rings is 1. The van der Waals surface area contributed by atoms with Crippen LogP contribution in [0.1, 0.15) is 24.8 Å². The molecule has 1 heterocycles. The normalized spacial score (nSPS) is 15.7. The highest BCUT2D eigenvalue weighted by molar-refractivity contribution is 9.10. The molecule has 4 heteroatoms. The van der Waals surface area contributed by atoms with Gasteiger partial charge in [-0.05, 0) is 41.2 Å². The van der Waals surface area contributed by atoms with Crippen LogP contribution in [0.4, 0.5) is 0 Å². The van der Waals surface area contributed by atoms with Gasteiger partial charge in [-0.3, -0.25) is 0 Å². The fraction of sp³-hybridized carbons (Fsp3) is 0.556. The van der Waals surface area contributed by atoms with Gasteiger partial charge in [0.2, 0.25) is 0 Å². The van der Waals surface area contributed by atoms with E-state index in [1.165, 1.54) is 4.88 Å². The lowest BCUT2D eigenvalue weighted by Gasteiger charge is -2.17. The van der Waals surface area contributed by atoms with Crippen LogP contribution in [0.5, 0.6) is 0 Å². The molecule has 13 heavy (non-hydrogen) atoms. The van der Waals surface area contributed by atoms with E-state index in [4.69, 9.17) is 5.11 Å². The fourth-order valence-corrected chi connectivity index (χ4v) is 2.90. The van der Waals surface area contributed by atoms with Crippen LogP contribution in [0, 0.1) is 0 Å². The summed E-state index contributed by atoms with van der Waals surface area (Å²) in [5, 5.41) is 14.2. The summed E-state index contributed by atoms with van der Waals surface area (Å²) in [7, 11) is 0. The van der Waals surface area contributed by atoms with E-state index < -0.39 is 0 Å². The topological polar surface area (TPSA) is 32.3 Å². The van der Waals surface area contributed by atoms with E-state index in [-0.39, 0.29) is 18.7 Å². The van der Waals surface area contributed by atoms with Crippen molar-refractivity contribution >= 4 is 27.3 Å². The van der Waals surface area contributed by atoms with Gasteiger partial charge in [-0.2, -0.15) is 0 Å². The summed E-state index contributed by atoms with van der Waals surface area (Å²) in [5.41, 5.74) is 0. The Morgan fingerprint density at radius 3 is 2.77 bits per heavy atom. The van der Waals surface area contributed by atoms with Crippen molar-refractivity contribution in [3.8, 4) is 0 Å². The molecule has 0 saturated heterocycles. The third-order valence-corrected chi connectivity index (χ3v) is 3.90. The first kappa shape index (κ1) is 11.2. The van der Waals surface area contributed by atoms with Crippen molar-refractivity contribution in [2.24, 2.45) is 0 Å². The Kier molecular flexibility index (Phi) is 4.38. The molecule has 0 aliphatic carbocycles. The summed E-state index contributed by atoms with van der Waals surface area (Å²) in [4.78, 5) is 1.28. The predicted octanol–water partition coefficient (Wildman–Crippen LogP) is 2.54. The molecular formula is C9H14BrNOS. The van der Waals surface area contributed by atoms with E-state index >= 15 is 0 Å². The Morgan fingerprint density at radius 1 is 1.62 bits per heavy atom. The van der Waals surface area contributed by atoms with Gasteiger partial charge in [0.25, 0.3) is 0 Å². The van der Waals surface area contributed by atoms with Crippen LogP contribution in [-0.2, 0) is 0 Å². The number of nitrogens with one attached hydrogen (secondary N) is 1. The zero-order valence-corrected chi connectivity index (χ0v) is 10.2. The quantitative estimate of drug-likeness (QED) is 0.876. The predicted molar refractivity (Wildman–Crippen MR) is 60.1 cm³/mol. The van der Waals surface area contributed by atoms with Crippen LogP contribution in [0.3, 0.4) is 0 Å². The number of halogens is 1. The van der Waals surface area contributed by atoms with Crippen molar-refractivity contribution in [2.45, 2.75) is 25.9 Å². The molecule has 0 bridgehead atoms. The average molecular weight is 264 g/mol. The van der Waals surface area contributed by atoms with Crippen molar-refractivity contribution in [3.05, 3.63) is 20.8 Å². The number of hydrogen-bond acceptors (Lipinski definition) is 3. The highest BCUT2D eigenvalue weighted by Crippen LogP contribution is 2.28. The van der Waals surface area contributed by atoms with Gasteiger partial charge in [-0.15, -0.1) is 11.3 Å². The Hall–Kier alpha value is 0.100. The number of hydrogen-bond donors (Lipinski definition) is 2. The Morgan fingerprint density at radius 2 is 2.31 bits per heavy atom. The van der Waals surface area contributed by atoms with E-state index in [2.05, 4.69) is 33.6 Å². The Balaban J connectivity index is 2.58. The molecule has 0 aromatic carbocycles. The highest BCUT2D eigenvalue weighted by atomic mass is 79.9. The van der Waals surface area contributed by atoms with Crippen LogP contribution >= 0.6 is 27.3 Å². The summed E-state index contributed by atoms with van der Waals surface area (Å²) in [6.45, 7) is 4.24. The molecule has 74 valence electrons. The first-order valence-corrected chi connectivity index (χ1v) is 5.92. The van der Waals surface area contributed by atoms with Gasteiger partial charge in [-0.25, -0.2) is 0 Å². The molecule has 1 aromatic rings. The highest BCUT2D eigenvalue weighted by Gasteiger charge is 2.12. The largest absolute Gasteiger partial charge is 0.395 e. The Labute approximate surface area is 91.1 Å². The van der Waals surface area contributed by atoms with Gasteiger partial charge in [0.1, 0.15) is 0 Å². The summed E-state index contributed by atoms with van der Waals surface area (Å²) < 4.78 is 1.14. The van der Waals surface area contributed by atoms with Gasteiger partial charge in [0, 0.05) is 21.4 Å². The zero-order valence-electron chi connectivity index (χ0n) is 7.75.